The van der Waals surface area contributed by atoms with E-state index in [0.717, 1.165) is 18.6 Å². The van der Waals surface area contributed by atoms with Crippen LogP contribution in [0.4, 0.5) is 0 Å². The molecule has 1 aromatic rings. The molecular formula is C16H23NO2. The number of ether oxygens (including phenoxy) is 1. The first kappa shape index (κ1) is 13.9. The van der Waals surface area contributed by atoms with Crippen LogP contribution in [0.5, 0.6) is 5.75 Å². The molecule has 1 aliphatic heterocycles. The summed E-state index contributed by atoms with van der Waals surface area (Å²) >= 11 is 0. The zero-order valence-electron chi connectivity index (χ0n) is 12.0. The third-order valence-corrected chi connectivity index (χ3v) is 3.85. The van der Waals surface area contributed by atoms with Gasteiger partial charge < -0.3 is 9.64 Å². The van der Waals surface area contributed by atoms with Crippen LogP contribution >= 0.6 is 0 Å². The van der Waals surface area contributed by atoms with Crippen molar-refractivity contribution in [1.82, 2.24) is 4.90 Å². The van der Waals surface area contributed by atoms with Gasteiger partial charge in [0, 0.05) is 12.1 Å². The number of rotatable bonds is 3. The molecule has 3 nitrogen and oxygen atoms in total. The third-order valence-electron chi connectivity index (χ3n) is 3.85. The molecule has 19 heavy (non-hydrogen) atoms. The fourth-order valence-corrected chi connectivity index (χ4v) is 2.82. The third kappa shape index (κ3) is 3.28. The van der Waals surface area contributed by atoms with E-state index in [1.165, 1.54) is 6.42 Å². The number of hydrogen-bond donors (Lipinski definition) is 0. The minimum Gasteiger partial charge on any atom is -0.481 e. The van der Waals surface area contributed by atoms with Crippen molar-refractivity contribution in [1.29, 1.82) is 0 Å². The summed E-state index contributed by atoms with van der Waals surface area (Å²) in [6.45, 7) is 6.09. The molecule has 104 valence electrons. The largest absolute Gasteiger partial charge is 0.481 e. The Morgan fingerprint density at radius 3 is 2.37 bits per heavy atom. The molecule has 3 heteroatoms. The highest BCUT2D eigenvalue weighted by Gasteiger charge is 2.32. The number of hydrogen-bond acceptors (Lipinski definition) is 2. The van der Waals surface area contributed by atoms with Crippen LogP contribution in [0, 0.1) is 0 Å². The highest BCUT2D eigenvalue weighted by Crippen LogP contribution is 2.24. The minimum atomic E-state index is -0.426. The second-order valence-corrected chi connectivity index (χ2v) is 5.45. The van der Waals surface area contributed by atoms with Gasteiger partial charge in [-0.3, -0.25) is 4.79 Å². The van der Waals surface area contributed by atoms with Gasteiger partial charge in [0.2, 0.25) is 0 Å². The highest BCUT2D eigenvalue weighted by atomic mass is 16.5. The first-order valence-corrected chi connectivity index (χ1v) is 7.13. The molecule has 0 N–H and O–H groups in total. The van der Waals surface area contributed by atoms with Crippen molar-refractivity contribution in [2.75, 3.05) is 0 Å². The number of carbonyl (C=O) groups is 1. The smallest absolute Gasteiger partial charge is 0.263 e. The zero-order chi connectivity index (χ0) is 13.8. The molecule has 3 atom stereocenters. The van der Waals surface area contributed by atoms with Gasteiger partial charge in [-0.25, -0.2) is 0 Å². The molecule has 0 saturated carbocycles. The summed E-state index contributed by atoms with van der Waals surface area (Å²) in [4.78, 5) is 14.5. The Balaban J connectivity index is 2.02. The van der Waals surface area contributed by atoms with Gasteiger partial charge in [0.05, 0.1) is 0 Å². The summed E-state index contributed by atoms with van der Waals surface area (Å²) < 4.78 is 5.73. The summed E-state index contributed by atoms with van der Waals surface area (Å²) in [5.74, 6) is 0.851. The predicted octanol–water partition coefficient (Wildman–Crippen LogP) is 3.24. The first-order valence-electron chi connectivity index (χ1n) is 7.13. The van der Waals surface area contributed by atoms with E-state index in [2.05, 4.69) is 13.8 Å². The van der Waals surface area contributed by atoms with Crippen LogP contribution in [0.25, 0.3) is 0 Å². The lowest BCUT2D eigenvalue weighted by atomic mass is 9.97. The van der Waals surface area contributed by atoms with Crippen molar-refractivity contribution in [3.05, 3.63) is 30.3 Å². The molecule has 0 radical (unpaired) electrons. The monoisotopic (exact) mass is 261 g/mol. The molecule has 0 bridgehead atoms. The molecule has 3 unspecified atom stereocenters. The zero-order valence-corrected chi connectivity index (χ0v) is 12.0. The van der Waals surface area contributed by atoms with Gasteiger partial charge in [0.25, 0.3) is 5.91 Å². The van der Waals surface area contributed by atoms with Gasteiger partial charge in [-0.15, -0.1) is 0 Å². The van der Waals surface area contributed by atoms with E-state index >= 15 is 0 Å². The maximum atomic E-state index is 12.5. The lowest BCUT2D eigenvalue weighted by Crippen LogP contribution is -2.51. The normalized spacial score (nSPS) is 24.9. The van der Waals surface area contributed by atoms with E-state index in [1.54, 1.807) is 0 Å². The molecule has 1 aromatic carbocycles. The van der Waals surface area contributed by atoms with E-state index < -0.39 is 6.10 Å². The molecule has 1 aliphatic rings. The number of nitrogens with zero attached hydrogens (tertiary/aromatic N) is 1. The van der Waals surface area contributed by atoms with Gasteiger partial charge in [-0.05, 0) is 52.2 Å². The molecule has 0 aromatic heterocycles. The number of benzene rings is 1. The van der Waals surface area contributed by atoms with Crippen LogP contribution in [-0.2, 0) is 4.79 Å². The Morgan fingerprint density at radius 2 is 1.79 bits per heavy atom. The standard InChI is InChI=1S/C16H23NO2/c1-12-8-7-9-13(2)17(12)16(18)14(3)19-15-10-5-4-6-11-15/h4-6,10-14H,7-9H2,1-3H3. The predicted molar refractivity (Wildman–Crippen MR) is 76.2 cm³/mol. The lowest BCUT2D eigenvalue weighted by molar-refractivity contribution is -0.144. The number of amides is 1. The van der Waals surface area contributed by atoms with Crippen molar-refractivity contribution in [3.8, 4) is 5.75 Å². The van der Waals surface area contributed by atoms with Crippen LogP contribution in [0.3, 0.4) is 0 Å². The number of para-hydroxylation sites is 1. The summed E-state index contributed by atoms with van der Waals surface area (Å²) in [6, 6.07) is 10.2. The van der Waals surface area contributed by atoms with Crippen LogP contribution in [0.15, 0.2) is 30.3 Å². The molecule has 2 rings (SSSR count). The Kier molecular flexibility index (Phi) is 4.46. The van der Waals surface area contributed by atoms with Gasteiger partial charge in [-0.1, -0.05) is 18.2 Å². The Morgan fingerprint density at radius 1 is 1.21 bits per heavy atom. The van der Waals surface area contributed by atoms with E-state index in [9.17, 15) is 4.79 Å². The Labute approximate surface area is 115 Å². The fraction of sp³-hybridized carbons (Fsp3) is 0.562. The van der Waals surface area contributed by atoms with Gasteiger partial charge in [0.1, 0.15) is 5.75 Å². The molecule has 0 aliphatic carbocycles. The first-order chi connectivity index (χ1) is 9.09. The van der Waals surface area contributed by atoms with E-state index in [4.69, 9.17) is 4.74 Å². The lowest BCUT2D eigenvalue weighted by Gasteiger charge is -2.40. The summed E-state index contributed by atoms with van der Waals surface area (Å²) in [6.07, 6.45) is 2.97. The molecule has 1 saturated heterocycles. The maximum absolute atomic E-state index is 12.5. The van der Waals surface area contributed by atoms with Crippen LogP contribution in [-0.4, -0.2) is 29.0 Å². The summed E-state index contributed by atoms with van der Waals surface area (Å²) in [7, 11) is 0. The van der Waals surface area contributed by atoms with Crippen molar-refractivity contribution >= 4 is 5.91 Å². The molecule has 1 heterocycles. The summed E-state index contributed by atoms with van der Waals surface area (Å²) in [5, 5.41) is 0. The average molecular weight is 261 g/mol. The molecule has 0 spiro atoms. The Hall–Kier alpha value is -1.51. The number of piperidine rings is 1. The number of carbonyl (C=O) groups excluding carboxylic acids is 1. The average Bonchev–Trinajstić information content (AvgIpc) is 2.39. The second-order valence-electron chi connectivity index (χ2n) is 5.45. The van der Waals surface area contributed by atoms with Gasteiger partial charge >= 0.3 is 0 Å². The van der Waals surface area contributed by atoms with Crippen molar-refractivity contribution in [2.45, 2.75) is 58.2 Å². The van der Waals surface area contributed by atoms with E-state index in [1.807, 2.05) is 42.2 Å². The van der Waals surface area contributed by atoms with Crippen molar-refractivity contribution in [3.63, 3.8) is 0 Å². The molecule has 1 amide bonds. The SMILES string of the molecule is CC(Oc1ccccc1)C(=O)N1C(C)CCCC1C. The Bertz CT molecular complexity index is 408. The highest BCUT2D eigenvalue weighted by molar-refractivity contribution is 5.81. The fourth-order valence-electron chi connectivity index (χ4n) is 2.82. The second kappa shape index (κ2) is 6.09. The van der Waals surface area contributed by atoms with E-state index in [0.29, 0.717) is 12.1 Å². The van der Waals surface area contributed by atoms with Crippen molar-refractivity contribution < 1.29 is 9.53 Å². The topological polar surface area (TPSA) is 29.5 Å². The summed E-state index contributed by atoms with van der Waals surface area (Å²) in [5.41, 5.74) is 0. The van der Waals surface area contributed by atoms with Crippen LogP contribution in [0.1, 0.15) is 40.0 Å². The van der Waals surface area contributed by atoms with Gasteiger partial charge in [-0.2, -0.15) is 0 Å². The van der Waals surface area contributed by atoms with E-state index in [-0.39, 0.29) is 5.91 Å². The molecular weight excluding hydrogens is 238 g/mol. The van der Waals surface area contributed by atoms with Gasteiger partial charge in [0.15, 0.2) is 6.10 Å². The van der Waals surface area contributed by atoms with Crippen LogP contribution < -0.4 is 4.74 Å². The van der Waals surface area contributed by atoms with Crippen LogP contribution in [0.2, 0.25) is 0 Å². The maximum Gasteiger partial charge on any atom is 0.263 e. The molecule has 1 fully saturated rings. The minimum absolute atomic E-state index is 0.101. The quantitative estimate of drug-likeness (QED) is 0.836. The van der Waals surface area contributed by atoms with Crippen molar-refractivity contribution in [2.24, 2.45) is 0 Å². The number of likely N-dealkylation sites (tertiary alicyclic amines) is 1.